The van der Waals surface area contributed by atoms with Crippen LogP contribution in [0.3, 0.4) is 0 Å². The molecule has 0 radical (unpaired) electrons. The van der Waals surface area contributed by atoms with Gasteiger partial charge in [0.05, 0.1) is 14.2 Å². The highest BCUT2D eigenvalue weighted by atomic mass is 16.5. The molecule has 2 N–H and O–H groups in total. The second-order valence-electron chi connectivity index (χ2n) is 6.07. The second-order valence-corrected chi connectivity index (χ2v) is 6.07. The average Bonchev–Trinajstić information content (AvgIpc) is 2.63. The summed E-state index contributed by atoms with van der Waals surface area (Å²) in [6.07, 6.45) is 1.59. The van der Waals surface area contributed by atoms with Gasteiger partial charge in [0, 0.05) is 12.6 Å². The molecule has 0 aliphatic heterocycles. The Morgan fingerprint density at radius 3 is 2.15 bits per heavy atom. The first-order valence-corrected chi connectivity index (χ1v) is 8.44. The molecule has 0 aromatic heterocycles. The molecule has 0 aliphatic rings. The van der Waals surface area contributed by atoms with Crippen LogP contribution in [0.1, 0.15) is 23.6 Å². The van der Waals surface area contributed by atoms with E-state index in [9.17, 15) is 9.59 Å². The Morgan fingerprint density at radius 1 is 0.963 bits per heavy atom. The first-order valence-electron chi connectivity index (χ1n) is 8.44. The highest BCUT2D eigenvalue weighted by Crippen LogP contribution is 2.28. The van der Waals surface area contributed by atoms with Crippen molar-refractivity contribution in [3.63, 3.8) is 0 Å². The normalized spacial score (nSPS) is 10.9. The summed E-state index contributed by atoms with van der Waals surface area (Å²) in [5.74, 6) is 0.370. The van der Waals surface area contributed by atoms with Crippen molar-refractivity contribution in [2.45, 2.75) is 20.8 Å². The van der Waals surface area contributed by atoms with E-state index >= 15 is 0 Å². The number of hydrogen-bond donors (Lipinski definition) is 2. The third-order valence-corrected chi connectivity index (χ3v) is 3.99. The molecular weight excluding hydrogens is 344 g/mol. The summed E-state index contributed by atoms with van der Waals surface area (Å²) in [5, 5.41) is 5.47. The first-order chi connectivity index (χ1) is 12.8. The van der Waals surface area contributed by atoms with E-state index in [0.717, 1.165) is 16.8 Å². The molecule has 0 heterocycles. The topological polar surface area (TPSA) is 76.7 Å². The van der Waals surface area contributed by atoms with E-state index in [0.29, 0.717) is 17.1 Å². The Bertz CT molecular complexity index is 867. The van der Waals surface area contributed by atoms with Crippen LogP contribution in [0.5, 0.6) is 11.5 Å². The van der Waals surface area contributed by atoms with Gasteiger partial charge in [-0.05, 0) is 48.7 Å². The van der Waals surface area contributed by atoms with Crippen LogP contribution in [-0.2, 0) is 9.59 Å². The van der Waals surface area contributed by atoms with Gasteiger partial charge >= 0.3 is 0 Å². The van der Waals surface area contributed by atoms with Gasteiger partial charge in [0.2, 0.25) is 5.91 Å². The van der Waals surface area contributed by atoms with Gasteiger partial charge < -0.3 is 20.1 Å². The minimum Gasteiger partial charge on any atom is -0.493 e. The Hall–Kier alpha value is -3.28. The summed E-state index contributed by atoms with van der Waals surface area (Å²) in [7, 11) is 3.09. The highest BCUT2D eigenvalue weighted by molar-refractivity contribution is 6.09. The third-order valence-electron chi connectivity index (χ3n) is 3.99. The molecule has 0 unspecified atom stereocenters. The lowest BCUT2D eigenvalue weighted by Gasteiger charge is -2.14. The lowest BCUT2D eigenvalue weighted by atomic mass is 10.1. The van der Waals surface area contributed by atoms with Crippen LogP contribution < -0.4 is 20.1 Å². The monoisotopic (exact) mass is 368 g/mol. The van der Waals surface area contributed by atoms with E-state index in [1.54, 1.807) is 31.4 Å². The van der Waals surface area contributed by atoms with E-state index in [-0.39, 0.29) is 11.6 Å². The largest absolute Gasteiger partial charge is 0.493 e. The van der Waals surface area contributed by atoms with Crippen LogP contribution in [0.25, 0.3) is 6.08 Å². The van der Waals surface area contributed by atoms with Gasteiger partial charge in [-0.3, -0.25) is 9.59 Å². The predicted molar refractivity (Wildman–Crippen MR) is 106 cm³/mol. The fraction of sp³-hybridized carbons (Fsp3) is 0.238. The summed E-state index contributed by atoms with van der Waals surface area (Å²) >= 11 is 0. The zero-order chi connectivity index (χ0) is 20.0. The summed E-state index contributed by atoms with van der Waals surface area (Å²) in [5.41, 5.74) is 3.43. The van der Waals surface area contributed by atoms with Crippen LogP contribution in [0, 0.1) is 13.8 Å². The molecule has 2 aromatic rings. The second kappa shape index (κ2) is 8.89. The van der Waals surface area contributed by atoms with Crippen molar-refractivity contribution in [3.8, 4) is 11.5 Å². The number of carbonyl (C=O) groups excluding carboxylic acids is 2. The minimum atomic E-state index is -0.405. The number of nitrogens with one attached hydrogen (secondary N) is 2. The SMILES string of the molecule is COc1ccc(/C=C(\NC(C)=O)C(=O)Nc2c(C)cccc2C)cc1OC. The molecule has 0 atom stereocenters. The average molecular weight is 368 g/mol. The molecule has 2 amide bonds. The number of anilines is 1. The van der Waals surface area contributed by atoms with Crippen molar-refractivity contribution in [1.82, 2.24) is 5.32 Å². The predicted octanol–water partition coefficient (Wildman–Crippen LogP) is 3.44. The number of hydrogen-bond acceptors (Lipinski definition) is 4. The van der Waals surface area contributed by atoms with Crippen molar-refractivity contribution >= 4 is 23.6 Å². The molecule has 142 valence electrons. The van der Waals surface area contributed by atoms with Crippen molar-refractivity contribution in [1.29, 1.82) is 0 Å². The van der Waals surface area contributed by atoms with Gasteiger partial charge in [0.15, 0.2) is 11.5 Å². The smallest absolute Gasteiger partial charge is 0.272 e. The van der Waals surface area contributed by atoms with Crippen LogP contribution in [0.4, 0.5) is 5.69 Å². The summed E-state index contributed by atoms with van der Waals surface area (Å²) < 4.78 is 10.5. The van der Waals surface area contributed by atoms with Crippen molar-refractivity contribution in [3.05, 3.63) is 58.8 Å². The molecule has 0 bridgehead atoms. The van der Waals surface area contributed by atoms with Crippen molar-refractivity contribution < 1.29 is 19.1 Å². The van der Waals surface area contributed by atoms with Gasteiger partial charge in [-0.25, -0.2) is 0 Å². The molecule has 2 rings (SSSR count). The lowest BCUT2D eigenvalue weighted by Crippen LogP contribution is -2.29. The third kappa shape index (κ3) is 5.10. The maximum atomic E-state index is 12.8. The molecular formula is C21H24N2O4. The van der Waals surface area contributed by atoms with Crippen molar-refractivity contribution in [2.24, 2.45) is 0 Å². The molecule has 2 aromatic carbocycles. The summed E-state index contributed by atoms with van der Waals surface area (Å²) in [4.78, 5) is 24.4. The number of benzene rings is 2. The van der Waals surface area contributed by atoms with Gasteiger partial charge in [0.1, 0.15) is 5.70 Å². The first kappa shape index (κ1) is 20.0. The van der Waals surface area contributed by atoms with E-state index < -0.39 is 5.91 Å². The molecule has 0 saturated heterocycles. The molecule has 0 fully saturated rings. The highest BCUT2D eigenvalue weighted by Gasteiger charge is 2.14. The van der Waals surface area contributed by atoms with Crippen molar-refractivity contribution in [2.75, 3.05) is 19.5 Å². The molecule has 0 saturated carbocycles. The zero-order valence-electron chi connectivity index (χ0n) is 16.2. The molecule has 0 aliphatic carbocycles. The number of amides is 2. The van der Waals surface area contributed by atoms with Gasteiger partial charge in [-0.15, -0.1) is 0 Å². The standard InChI is InChI=1S/C21H24N2O4/c1-13-7-6-8-14(2)20(13)23-21(25)17(22-15(3)24)11-16-9-10-18(26-4)19(12-16)27-5/h6-12H,1-5H3,(H,22,24)(H,23,25)/b17-11-. The fourth-order valence-corrected chi connectivity index (χ4v) is 2.65. The Labute approximate surface area is 159 Å². The van der Waals surface area contributed by atoms with Crippen LogP contribution >= 0.6 is 0 Å². The number of carbonyl (C=O) groups is 2. The molecule has 6 heteroatoms. The Morgan fingerprint density at radius 2 is 1.59 bits per heavy atom. The van der Waals surface area contributed by atoms with E-state index in [1.165, 1.54) is 14.0 Å². The maximum absolute atomic E-state index is 12.8. The molecule has 27 heavy (non-hydrogen) atoms. The van der Waals surface area contributed by atoms with Gasteiger partial charge in [-0.2, -0.15) is 0 Å². The van der Waals surface area contributed by atoms with Gasteiger partial charge in [-0.1, -0.05) is 24.3 Å². The quantitative estimate of drug-likeness (QED) is 0.766. The van der Waals surface area contributed by atoms with E-state index in [1.807, 2.05) is 32.0 Å². The Balaban J connectivity index is 2.38. The van der Waals surface area contributed by atoms with Crippen LogP contribution in [-0.4, -0.2) is 26.0 Å². The number of aryl methyl sites for hydroxylation is 2. The molecule has 6 nitrogen and oxygen atoms in total. The van der Waals surface area contributed by atoms with E-state index in [4.69, 9.17) is 9.47 Å². The fourth-order valence-electron chi connectivity index (χ4n) is 2.65. The van der Waals surface area contributed by atoms with E-state index in [2.05, 4.69) is 10.6 Å². The Kier molecular flexibility index (Phi) is 6.60. The van der Waals surface area contributed by atoms with Crippen LogP contribution in [0.2, 0.25) is 0 Å². The number of ether oxygens (including phenoxy) is 2. The minimum absolute atomic E-state index is 0.136. The zero-order valence-corrected chi connectivity index (χ0v) is 16.2. The summed E-state index contributed by atoms with van der Waals surface area (Å²) in [6.45, 7) is 5.19. The number of rotatable bonds is 6. The van der Waals surface area contributed by atoms with Gasteiger partial charge in [0.25, 0.3) is 5.91 Å². The number of methoxy groups -OCH3 is 2. The maximum Gasteiger partial charge on any atom is 0.272 e. The summed E-state index contributed by atoms with van der Waals surface area (Å²) in [6, 6.07) is 11.0. The molecule has 0 spiro atoms. The lowest BCUT2D eigenvalue weighted by molar-refractivity contribution is -0.120. The number of para-hydroxylation sites is 1. The van der Waals surface area contributed by atoms with Crippen LogP contribution in [0.15, 0.2) is 42.1 Å².